The van der Waals surface area contributed by atoms with Crippen LogP contribution >= 0.6 is 11.8 Å². The van der Waals surface area contributed by atoms with Gasteiger partial charge in [-0.05, 0) is 42.0 Å². The second kappa shape index (κ2) is 6.71. The summed E-state index contributed by atoms with van der Waals surface area (Å²) in [5.74, 6) is -0.259. The molecule has 1 aliphatic heterocycles. The van der Waals surface area contributed by atoms with Gasteiger partial charge in [-0.3, -0.25) is 14.5 Å². The number of hydrogen-bond acceptors (Lipinski definition) is 4. The van der Waals surface area contributed by atoms with Gasteiger partial charge in [-0.15, -0.1) is 0 Å². The summed E-state index contributed by atoms with van der Waals surface area (Å²) in [4.78, 5) is 26.2. The maximum Gasteiger partial charge on any atom is 0.295 e. The highest BCUT2D eigenvalue weighted by Gasteiger charge is 2.34. The molecule has 2 aromatic rings. The first kappa shape index (κ1) is 15.4. The lowest BCUT2D eigenvalue weighted by atomic mass is 10.2. The molecule has 1 fully saturated rings. The molecule has 1 N–H and O–H groups in total. The molecule has 2 aromatic carbocycles. The minimum atomic E-state index is -0.259. The van der Waals surface area contributed by atoms with Crippen LogP contribution in [-0.2, 0) is 4.79 Å². The normalized spacial score (nSPS) is 16.2. The Bertz CT molecular complexity index is 772. The van der Waals surface area contributed by atoms with Crippen LogP contribution in [-0.4, -0.2) is 22.7 Å². The van der Waals surface area contributed by atoms with Gasteiger partial charge >= 0.3 is 0 Å². The van der Waals surface area contributed by atoms with E-state index in [1.165, 1.54) is 4.90 Å². The largest absolute Gasteiger partial charge is 0.367 e. The Hall–Kier alpha value is -2.53. The molecule has 0 saturated carbocycles. The zero-order valence-electron chi connectivity index (χ0n) is 12.7. The maximum atomic E-state index is 12.4. The molecule has 2 amide bonds. The number of thioether (sulfide) groups is 1. The van der Waals surface area contributed by atoms with Gasteiger partial charge in [-0.1, -0.05) is 48.5 Å². The molecule has 1 heterocycles. The van der Waals surface area contributed by atoms with E-state index in [4.69, 9.17) is 0 Å². The van der Waals surface area contributed by atoms with Crippen LogP contribution in [0, 0.1) is 6.92 Å². The fourth-order valence-electron chi connectivity index (χ4n) is 2.27. The lowest BCUT2D eigenvalue weighted by molar-refractivity contribution is -0.122. The van der Waals surface area contributed by atoms with E-state index in [0.29, 0.717) is 4.91 Å². The molecular formula is C18H16N2O2S. The van der Waals surface area contributed by atoms with Gasteiger partial charge in [0.1, 0.15) is 0 Å². The lowest BCUT2D eigenvalue weighted by Gasteiger charge is -2.15. The van der Waals surface area contributed by atoms with Crippen LogP contribution < -0.4 is 5.32 Å². The van der Waals surface area contributed by atoms with E-state index in [0.717, 1.165) is 28.6 Å². The number of nitrogens with zero attached hydrogens (tertiary/aromatic N) is 1. The first-order valence-corrected chi connectivity index (χ1v) is 8.07. The smallest absolute Gasteiger partial charge is 0.295 e. The number of nitrogens with one attached hydrogen (secondary N) is 1. The Morgan fingerprint density at radius 1 is 1.04 bits per heavy atom. The van der Waals surface area contributed by atoms with Gasteiger partial charge < -0.3 is 5.32 Å². The Kier molecular flexibility index (Phi) is 4.48. The van der Waals surface area contributed by atoms with Crippen LogP contribution in [0.4, 0.5) is 10.5 Å². The first-order chi connectivity index (χ1) is 11.1. The third-order valence-corrected chi connectivity index (χ3v) is 4.45. The third kappa shape index (κ3) is 3.46. The number of hydrogen-bond donors (Lipinski definition) is 1. The minimum absolute atomic E-state index is 0.168. The minimum Gasteiger partial charge on any atom is -0.367 e. The number of anilines is 1. The Morgan fingerprint density at radius 2 is 1.74 bits per heavy atom. The molecule has 4 nitrogen and oxygen atoms in total. The number of carbonyl (C=O) groups excluding carboxylic acids is 2. The molecule has 0 aliphatic carbocycles. The van der Waals surface area contributed by atoms with Crippen LogP contribution in [0.1, 0.15) is 11.1 Å². The van der Waals surface area contributed by atoms with Crippen molar-refractivity contribution in [2.75, 3.05) is 12.0 Å². The molecule has 0 aromatic heterocycles. The van der Waals surface area contributed by atoms with Gasteiger partial charge in [0.25, 0.3) is 11.1 Å². The number of aryl methyl sites for hydroxylation is 1. The van der Waals surface area contributed by atoms with Gasteiger partial charge in [-0.2, -0.15) is 0 Å². The summed E-state index contributed by atoms with van der Waals surface area (Å²) in [6.07, 6.45) is 1.75. The monoisotopic (exact) mass is 324 g/mol. The fourth-order valence-corrected chi connectivity index (χ4v) is 3.11. The Morgan fingerprint density at radius 3 is 2.48 bits per heavy atom. The van der Waals surface area contributed by atoms with Crippen molar-refractivity contribution in [3.05, 3.63) is 70.6 Å². The first-order valence-electron chi connectivity index (χ1n) is 7.25. The predicted octanol–water partition coefficient (Wildman–Crippen LogP) is 4.10. The van der Waals surface area contributed by atoms with E-state index in [9.17, 15) is 9.59 Å². The molecule has 23 heavy (non-hydrogen) atoms. The zero-order chi connectivity index (χ0) is 16.2. The number of imide groups is 1. The van der Waals surface area contributed by atoms with Crippen molar-refractivity contribution in [1.82, 2.24) is 4.90 Å². The highest BCUT2D eigenvalue weighted by Crippen LogP contribution is 2.32. The van der Waals surface area contributed by atoms with Crippen molar-refractivity contribution >= 4 is 34.7 Å². The second-order valence-corrected chi connectivity index (χ2v) is 6.16. The van der Waals surface area contributed by atoms with Crippen molar-refractivity contribution in [3.63, 3.8) is 0 Å². The van der Waals surface area contributed by atoms with E-state index >= 15 is 0 Å². The molecule has 1 aliphatic rings. The van der Waals surface area contributed by atoms with Crippen molar-refractivity contribution in [1.29, 1.82) is 0 Å². The van der Waals surface area contributed by atoms with Crippen molar-refractivity contribution in [3.8, 4) is 0 Å². The van der Waals surface area contributed by atoms with Gasteiger partial charge in [0, 0.05) is 5.69 Å². The zero-order valence-corrected chi connectivity index (χ0v) is 13.5. The molecule has 0 spiro atoms. The summed E-state index contributed by atoms with van der Waals surface area (Å²) >= 11 is 0.975. The molecule has 3 rings (SSSR count). The Labute approximate surface area is 139 Å². The van der Waals surface area contributed by atoms with Gasteiger partial charge in [-0.25, -0.2) is 0 Å². The van der Waals surface area contributed by atoms with E-state index in [2.05, 4.69) is 5.32 Å². The standard InChI is InChI=1S/C18H16N2O2S/c1-13-7-5-6-10-15(13)19-12-20-17(21)16(23-18(20)22)11-14-8-3-2-4-9-14/h2-11,19H,12H2,1H3/b16-11-. The van der Waals surface area contributed by atoms with E-state index in [1.807, 2.05) is 61.5 Å². The summed E-state index contributed by atoms with van der Waals surface area (Å²) in [5, 5.41) is 2.89. The number of amides is 2. The molecule has 0 atom stereocenters. The molecule has 0 radical (unpaired) electrons. The molecular weight excluding hydrogens is 308 g/mol. The van der Waals surface area contributed by atoms with Crippen LogP contribution in [0.15, 0.2) is 59.5 Å². The molecule has 1 saturated heterocycles. The number of benzene rings is 2. The van der Waals surface area contributed by atoms with Gasteiger partial charge in [0.2, 0.25) is 0 Å². The topological polar surface area (TPSA) is 49.4 Å². The third-order valence-electron chi connectivity index (χ3n) is 3.54. The van der Waals surface area contributed by atoms with Crippen molar-refractivity contribution in [2.45, 2.75) is 6.92 Å². The molecule has 116 valence electrons. The highest BCUT2D eigenvalue weighted by molar-refractivity contribution is 8.18. The maximum absolute atomic E-state index is 12.4. The van der Waals surface area contributed by atoms with Crippen molar-refractivity contribution < 1.29 is 9.59 Å². The summed E-state index contributed by atoms with van der Waals surface area (Å²) in [6.45, 7) is 2.15. The SMILES string of the molecule is Cc1ccccc1NCN1C(=O)S/C(=C\c2ccccc2)C1=O. The Balaban J connectivity index is 1.72. The number of rotatable bonds is 4. The van der Waals surface area contributed by atoms with E-state index < -0.39 is 0 Å². The summed E-state index contributed by atoms with van der Waals surface area (Å²) in [5.41, 5.74) is 2.89. The summed E-state index contributed by atoms with van der Waals surface area (Å²) < 4.78 is 0. The van der Waals surface area contributed by atoms with Gasteiger partial charge in [0.15, 0.2) is 0 Å². The fraction of sp³-hybridized carbons (Fsp3) is 0.111. The van der Waals surface area contributed by atoms with E-state index in [1.54, 1.807) is 6.08 Å². The molecule has 0 bridgehead atoms. The number of carbonyl (C=O) groups is 2. The highest BCUT2D eigenvalue weighted by atomic mass is 32.2. The molecule has 0 unspecified atom stereocenters. The lowest BCUT2D eigenvalue weighted by Crippen LogP contribution is -2.33. The van der Waals surface area contributed by atoms with Crippen LogP contribution in [0.3, 0.4) is 0 Å². The average molecular weight is 324 g/mol. The quantitative estimate of drug-likeness (QED) is 0.860. The van der Waals surface area contributed by atoms with Gasteiger partial charge in [0.05, 0.1) is 11.6 Å². The predicted molar refractivity (Wildman–Crippen MR) is 93.9 cm³/mol. The summed E-state index contributed by atoms with van der Waals surface area (Å²) in [7, 11) is 0. The molecule has 5 heteroatoms. The average Bonchev–Trinajstić information content (AvgIpc) is 2.82. The van der Waals surface area contributed by atoms with Crippen molar-refractivity contribution in [2.24, 2.45) is 0 Å². The van der Waals surface area contributed by atoms with Crippen LogP contribution in [0.5, 0.6) is 0 Å². The van der Waals surface area contributed by atoms with Crippen LogP contribution in [0.25, 0.3) is 6.08 Å². The summed E-state index contributed by atoms with van der Waals surface area (Å²) in [6, 6.07) is 17.3. The van der Waals surface area contributed by atoms with E-state index in [-0.39, 0.29) is 17.8 Å². The second-order valence-electron chi connectivity index (χ2n) is 5.17. The van der Waals surface area contributed by atoms with Crippen LogP contribution in [0.2, 0.25) is 0 Å². The number of para-hydroxylation sites is 1.